The average Bonchev–Trinajstić information content (AvgIpc) is 3.50. The zero-order valence-corrected chi connectivity index (χ0v) is 18.6. The van der Waals surface area contributed by atoms with Gasteiger partial charge in [-0.2, -0.15) is 9.50 Å². The van der Waals surface area contributed by atoms with Crippen LogP contribution in [0.15, 0.2) is 41.0 Å². The molecule has 0 saturated carbocycles. The first kappa shape index (κ1) is 22.2. The van der Waals surface area contributed by atoms with Gasteiger partial charge in [0.15, 0.2) is 23.0 Å². The number of nitrogens with zero attached hydrogens (tertiary/aromatic N) is 6. The molecule has 4 heterocycles. The highest BCUT2D eigenvalue weighted by Gasteiger charge is 2.27. The quantitative estimate of drug-likeness (QED) is 0.427. The molecule has 0 radical (unpaired) electrons. The highest BCUT2D eigenvalue weighted by atomic mass is 19.2. The molecule has 11 heteroatoms. The van der Waals surface area contributed by atoms with E-state index >= 15 is 0 Å². The molecule has 0 bridgehead atoms. The van der Waals surface area contributed by atoms with Gasteiger partial charge in [0.05, 0.1) is 6.26 Å². The third-order valence-corrected chi connectivity index (χ3v) is 6.20. The highest BCUT2D eigenvalue weighted by Crippen LogP contribution is 2.26. The number of fused-ring (bicyclic) bond motifs is 1. The molecule has 4 aromatic rings. The predicted octanol–water partition coefficient (Wildman–Crippen LogP) is 3.87. The maximum Gasteiger partial charge on any atom is 0.225 e. The Hall–Kier alpha value is -3.60. The van der Waals surface area contributed by atoms with Crippen LogP contribution in [-0.2, 0) is 6.54 Å². The topological polar surface area (TPSA) is 88.7 Å². The number of furan rings is 1. The number of piperidine rings is 1. The Kier molecular flexibility index (Phi) is 5.86. The van der Waals surface area contributed by atoms with Gasteiger partial charge in [0.1, 0.15) is 11.6 Å². The predicted molar refractivity (Wildman–Crippen MR) is 121 cm³/mol. The molecule has 178 valence electrons. The van der Waals surface area contributed by atoms with Crippen LogP contribution in [0.1, 0.15) is 24.8 Å². The Labute approximate surface area is 193 Å². The first-order valence-electron chi connectivity index (χ1n) is 11.1. The summed E-state index contributed by atoms with van der Waals surface area (Å²) in [6, 6.07) is 7.05. The lowest BCUT2D eigenvalue weighted by Crippen LogP contribution is -2.46. The van der Waals surface area contributed by atoms with Gasteiger partial charge in [-0.1, -0.05) is 6.42 Å². The van der Waals surface area contributed by atoms with Crippen molar-refractivity contribution >= 4 is 17.4 Å². The fourth-order valence-corrected chi connectivity index (χ4v) is 4.41. The van der Waals surface area contributed by atoms with Gasteiger partial charge in [-0.15, -0.1) is 5.10 Å². The van der Waals surface area contributed by atoms with E-state index in [0.717, 1.165) is 31.4 Å². The molecule has 1 fully saturated rings. The first-order chi connectivity index (χ1) is 16.4. The Morgan fingerprint density at radius 2 is 1.97 bits per heavy atom. The number of rotatable bonds is 6. The lowest BCUT2D eigenvalue weighted by Gasteiger charge is -2.38. The van der Waals surface area contributed by atoms with Crippen LogP contribution in [0.25, 0.3) is 17.2 Å². The van der Waals surface area contributed by atoms with Crippen molar-refractivity contribution in [2.24, 2.45) is 0 Å². The van der Waals surface area contributed by atoms with Gasteiger partial charge in [-0.25, -0.2) is 18.2 Å². The molecule has 1 atom stereocenters. The van der Waals surface area contributed by atoms with Crippen molar-refractivity contribution in [3.63, 3.8) is 0 Å². The van der Waals surface area contributed by atoms with Crippen molar-refractivity contribution < 1.29 is 17.6 Å². The number of nitrogen functional groups attached to an aromatic ring is 1. The van der Waals surface area contributed by atoms with Crippen LogP contribution in [0.2, 0.25) is 0 Å². The van der Waals surface area contributed by atoms with Crippen LogP contribution in [0.3, 0.4) is 0 Å². The Morgan fingerprint density at radius 1 is 1.15 bits per heavy atom. The van der Waals surface area contributed by atoms with Crippen LogP contribution in [0, 0.1) is 17.5 Å². The van der Waals surface area contributed by atoms with Crippen LogP contribution >= 0.6 is 0 Å². The van der Waals surface area contributed by atoms with E-state index in [0.29, 0.717) is 36.1 Å². The van der Waals surface area contributed by atoms with Gasteiger partial charge in [-0.05, 0) is 43.7 Å². The number of nitrogens with two attached hydrogens (primary N) is 1. The van der Waals surface area contributed by atoms with E-state index in [2.05, 4.69) is 15.1 Å². The van der Waals surface area contributed by atoms with E-state index in [-0.39, 0.29) is 24.1 Å². The molecule has 1 aliphatic rings. The van der Waals surface area contributed by atoms with Gasteiger partial charge in [0.25, 0.3) is 0 Å². The molecule has 0 amide bonds. The summed E-state index contributed by atoms with van der Waals surface area (Å²) in [4.78, 5) is 12.9. The van der Waals surface area contributed by atoms with E-state index < -0.39 is 17.5 Å². The van der Waals surface area contributed by atoms with Gasteiger partial charge >= 0.3 is 0 Å². The number of halogens is 3. The fraction of sp³-hybridized carbons (Fsp3) is 0.348. The lowest BCUT2D eigenvalue weighted by molar-refractivity contribution is 0.140. The van der Waals surface area contributed by atoms with Gasteiger partial charge in [-0.3, -0.25) is 4.90 Å². The maximum atomic E-state index is 14.3. The van der Waals surface area contributed by atoms with Crippen molar-refractivity contribution in [3.05, 3.63) is 59.6 Å². The van der Waals surface area contributed by atoms with Crippen LogP contribution in [0.5, 0.6) is 0 Å². The molecule has 1 aromatic carbocycles. The molecule has 1 aliphatic heterocycles. The lowest BCUT2D eigenvalue weighted by atomic mass is 10.00. The van der Waals surface area contributed by atoms with Gasteiger partial charge < -0.3 is 15.1 Å². The van der Waals surface area contributed by atoms with Crippen LogP contribution < -0.4 is 10.6 Å². The summed E-state index contributed by atoms with van der Waals surface area (Å²) in [5.74, 6) is -1.22. The summed E-state index contributed by atoms with van der Waals surface area (Å²) in [5.41, 5.74) is 6.41. The molecule has 1 unspecified atom stereocenters. The van der Waals surface area contributed by atoms with Gasteiger partial charge in [0, 0.05) is 37.8 Å². The third-order valence-electron chi connectivity index (χ3n) is 6.20. The Morgan fingerprint density at radius 3 is 2.76 bits per heavy atom. The van der Waals surface area contributed by atoms with E-state index in [1.165, 1.54) is 4.52 Å². The van der Waals surface area contributed by atoms with Crippen molar-refractivity contribution in [1.29, 1.82) is 0 Å². The summed E-state index contributed by atoms with van der Waals surface area (Å²) < 4.78 is 49.0. The van der Waals surface area contributed by atoms with Crippen molar-refractivity contribution in [1.82, 2.24) is 24.5 Å². The largest absolute Gasteiger partial charge is 0.461 e. The van der Waals surface area contributed by atoms with E-state index in [1.54, 1.807) is 24.5 Å². The molecule has 2 N–H and O–H groups in total. The van der Waals surface area contributed by atoms with Crippen molar-refractivity contribution in [2.45, 2.75) is 31.8 Å². The zero-order valence-electron chi connectivity index (χ0n) is 18.6. The number of aromatic nitrogens is 4. The minimum atomic E-state index is -1.13. The molecular weight excluding hydrogens is 447 g/mol. The molecule has 0 aliphatic carbocycles. The number of benzene rings is 1. The molecule has 0 spiro atoms. The van der Waals surface area contributed by atoms with E-state index in [4.69, 9.17) is 10.2 Å². The summed E-state index contributed by atoms with van der Waals surface area (Å²) in [7, 11) is 1.87. The molecule has 5 rings (SSSR count). The Bertz CT molecular complexity index is 1310. The number of hydrogen-bond donors (Lipinski definition) is 1. The van der Waals surface area contributed by atoms with Crippen LogP contribution in [-0.4, -0.2) is 50.7 Å². The maximum absolute atomic E-state index is 14.3. The number of likely N-dealkylation sites (N-methyl/N-ethyl adjacent to an activating group) is 1. The minimum absolute atomic E-state index is 0.000773. The second kappa shape index (κ2) is 8.98. The SMILES string of the molecule is CN(CC1CCCCN1Cc1c(F)ccc(F)c1F)c1cc2nc(-c3ccco3)nn2c(N)n1. The molecule has 1 saturated heterocycles. The molecular formula is C23H24F3N7O. The smallest absolute Gasteiger partial charge is 0.225 e. The van der Waals surface area contributed by atoms with E-state index in [1.807, 2.05) is 16.8 Å². The van der Waals surface area contributed by atoms with E-state index in [9.17, 15) is 13.2 Å². The number of hydrogen-bond acceptors (Lipinski definition) is 7. The second-order valence-corrected chi connectivity index (χ2v) is 8.48. The number of anilines is 2. The van der Waals surface area contributed by atoms with Gasteiger partial charge in [0.2, 0.25) is 11.8 Å². The van der Waals surface area contributed by atoms with Crippen molar-refractivity contribution in [2.75, 3.05) is 30.8 Å². The standard InChI is InChI=1S/C23H24F3N7O/c1-31(19-11-20-28-22(18-6-4-10-34-18)30-33(20)23(27)29-19)12-14-5-2-3-9-32(14)13-15-16(24)7-8-17(25)21(15)26/h4,6-8,10-11,14H,2-3,5,9,12-13H2,1H3,(H2,27,29). The Balaban J connectivity index is 1.37. The normalized spacial score (nSPS) is 16.9. The zero-order chi connectivity index (χ0) is 23.8. The molecule has 8 nitrogen and oxygen atoms in total. The van der Waals surface area contributed by atoms with Crippen molar-refractivity contribution in [3.8, 4) is 11.6 Å². The fourth-order valence-electron chi connectivity index (χ4n) is 4.41. The summed E-state index contributed by atoms with van der Waals surface area (Å²) in [5, 5.41) is 4.35. The summed E-state index contributed by atoms with van der Waals surface area (Å²) >= 11 is 0. The highest BCUT2D eigenvalue weighted by molar-refractivity contribution is 5.59. The minimum Gasteiger partial charge on any atom is -0.461 e. The molecule has 34 heavy (non-hydrogen) atoms. The summed E-state index contributed by atoms with van der Waals surface area (Å²) in [6.45, 7) is 1.21. The second-order valence-electron chi connectivity index (χ2n) is 8.48. The monoisotopic (exact) mass is 471 g/mol. The van der Waals surface area contributed by atoms with Crippen LogP contribution in [0.4, 0.5) is 24.9 Å². The number of likely N-dealkylation sites (tertiary alicyclic amines) is 1. The average molecular weight is 471 g/mol. The molecule has 3 aromatic heterocycles. The third kappa shape index (κ3) is 4.18. The first-order valence-corrected chi connectivity index (χ1v) is 11.1. The summed E-state index contributed by atoms with van der Waals surface area (Å²) in [6.07, 6.45) is 4.28.